The Morgan fingerprint density at radius 1 is 1.44 bits per heavy atom. The number of nitrogens with one attached hydrogen (secondary N) is 1. The lowest BCUT2D eigenvalue weighted by atomic mass is 10.1. The minimum absolute atomic E-state index is 0.140. The SMILES string of the molecule is Cc1cc(C(=N)N)ccc1CSC1CCOCC1. The minimum Gasteiger partial charge on any atom is -0.384 e. The van der Waals surface area contributed by atoms with Gasteiger partial charge in [-0.15, -0.1) is 0 Å². The largest absolute Gasteiger partial charge is 0.384 e. The molecule has 98 valence electrons. The first-order valence-electron chi connectivity index (χ1n) is 6.30. The Kier molecular flexibility index (Phi) is 4.66. The van der Waals surface area contributed by atoms with Gasteiger partial charge in [-0.1, -0.05) is 12.1 Å². The van der Waals surface area contributed by atoms with E-state index in [9.17, 15) is 0 Å². The predicted octanol–water partition coefficient (Wildman–Crippen LogP) is 2.69. The van der Waals surface area contributed by atoms with E-state index in [1.165, 1.54) is 11.1 Å². The summed E-state index contributed by atoms with van der Waals surface area (Å²) in [6.07, 6.45) is 2.32. The zero-order valence-electron chi connectivity index (χ0n) is 10.7. The quantitative estimate of drug-likeness (QED) is 0.649. The fourth-order valence-corrected chi connectivity index (χ4v) is 3.34. The highest BCUT2D eigenvalue weighted by atomic mass is 32.2. The average molecular weight is 264 g/mol. The third-order valence-electron chi connectivity index (χ3n) is 3.30. The van der Waals surface area contributed by atoms with Crippen molar-refractivity contribution in [1.29, 1.82) is 5.41 Å². The Morgan fingerprint density at radius 3 is 2.78 bits per heavy atom. The predicted molar refractivity (Wildman–Crippen MR) is 77.3 cm³/mol. The van der Waals surface area contributed by atoms with Gasteiger partial charge in [0.2, 0.25) is 0 Å². The number of thioether (sulfide) groups is 1. The van der Waals surface area contributed by atoms with Gasteiger partial charge in [-0.05, 0) is 37.0 Å². The summed E-state index contributed by atoms with van der Waals surface area (Å²) in [7, 11) is 0. The summed E-state index contributed by atoms with van der Waals surface area (Å²) >= 11 is 2.01. The van der Waals surface area contributed by atoms with Crippen LogP contribution >= 0.6 is 11.8 Å². The molecule has 0 amide bonds. The lowest BCUT2D eigenvalue weighted by Crippen LogP contribution is -2.17. The van der Waals surface area contributed by atoms with Crippen molar-refractivity contribution < 1.29 is 4.74 Å². The van der Waals surface area contributed by atoms with Gasteiger partial charge in [-0.2, -0.15) is 11.8 Å². The molecule has 0 bridgehead atoms. The highest BCUT2D eigenvalue weighted by molar-refractivity contribution is 7.99. The summed E-state index contributed by atoms with van der Waals surface area (Å²) in [4.78, 5) is 0. The average Bonchev–Trinajstić information content (AvgIpc) is 2.38. The van der Waals surface area contributed by atoms with Crippen molar-refractivity contribution in [2.45, 2.75) is 30.8 Å². The first-order valence-corrected chi connectivity index (χ1v) is 7.35. The monoisotopic (exact) mass is 264 g/mol. The number of nitrogen functional groups attached to an aromatic ring is 1. The first kappa shape index (κ1) is 13.4. The van der Waals surface area contributed by atoms with E-state index in [0.29, 0.717) is 0 Å². The molecule has 2 rings (SSSR count). The first-order chi connectivity index (χ1) is 8.66. The van der Waals surface area contributed by atoms with Crippen molar-refractivity contribution >= 4 is 17.6 Å². The molecule has 3 N–H and O–H groups in total. The van der Waals surface area contributed by atoms with Crippen LogP contribution in [0, 0.1) is 12.3 Å². The molecule has 1 heterocycles. The lowest BCUT2D eigenvalue weighted by molar-refractivity contribution is 0.1000. The molecule has 0 unspecified atom stereocenters. The summed E-state index contributed by atoms with van der Waals surface area (Å²) in [5.74, 6) is 1.18. The molecular formula is C14H20N2OS. The molecule has 18 heavy (non-hydrogen) atoms. The van der Waals surface area contributed by atoms with Crippen LogP contribution in [-0.4, -0.2) is 24.3 Å². The number of ether oxygens (including phenoxy) is 1. The smallest absolute Gasteiger partial charge is 0.122 e. The van der Waals surface area contributed by atoms with Crippen molar-refractivity contribution in [3.05, 3.63) is 34.9 Å². The van der Waals surface area contributed by atoms with Crippen LogP contribution in [-0.2, 0) is 10.5 Å². The summed E-state index contributed by atoms with van der Waals surface area (Å²) in [5, 5.41) is 8.15. The van der Waals surface area contributed by atoms with Crippen molar-refractivity contribution in [3.63, 3.8) is 0 Å². The van der Waals surface area contributed by atoms with E-state index in [1.54, 1.807) is 0 Å². The van der Waals surface area contributed by atoms with Gasteiger partial charge in [-0.3, -0.25) is 5.41 Å². The lowest BCUT2D eigenvalue weighted by Gasteiger charge is -2.21. The second kappa shape index (κ2) is 6.25. The van der Waals surface area contributed by atoms with Gasteiger partial charge >= 0.3 is 0 Å². The van der Waals surface area contributed by atoms with Crippen LogP contribution < -0.4 is 5.73 Å². The van der Waals surface area contributed by atoms with Gasteiger partial charge in [0.25, 0.3) is 0 Å². The number of nitrogens with two attached hydrogens (primary N) is 1. The van der Waals surface area contributed by atoms with Crippen LogP contribution in [0.25, 0.3) is 0 Å². The van der Waals surface area contributed by atoms with Crippen molar-refractivity contribution in [2.24, 2.45) is 5.73 Å². The highest BCUT2D eigenvalue weighted by Gasteiger charge is 2.14. The van der Waals surface area contributed by atoms with Crippen molar-refractivity contribution in [3.8, 4) is 0 Å². The molecule has 0 atom stereocenters. The fourth-order valence-electron chi connectivity index (χ4n) is 2.08. The zero-order valence-corrected chi connectivity index (χ0v) is 11.6. The molecule has 1 saturated heterocycles. The Labute approximate surface area is 113 Å². The second-order valence-corrected chi connectivity index (χ2v) is 5.97. The highest BCUT2D eigenvalue weighted by Crippen LogP contribution is 2.27. The molecular weight excluding hydrogens is 244 g/mol. The van der Waals surface area contributed by atoms with E-state index < -0.39 is 0 Å². The van der Waals surface area contributed by atoms with Crippen LogP contribution in [0.15, 0.2) is 18.2 Å². The number of amidine groups is 1. The molecule has 1 aromatic carbocycles. The molecule has 0 saturated carbocycles. The van der Waals surface area contributed by atoms with E-state index in [2.05, 4.69) is 13.0 Å². The van der Waals surface area contributed by atoms with E-state index in [1.807, 2.05) is 23.9 Å². The standard InChI is InChI=1S/C14H20N2OS/c1-10-8-11(14(15)16)2-3-12(10)9-18-13-4-6-17-7-5-13/h2-3,8,13H,4-7,9H2,1H3,(H3,15,16). The Bertz CT molecular complexity index is 428. The van der Waals surface area contributed by atoms with E-state index >= 15 is 0 Å². The second-order valence-electron chi connectivity index (χ2n) is 4.68. The van der Waals surface area contributed by atoms with Crippen molar-refractivity contribution in [1.82, 2.24) is 0 Å². The van der Waals surface area contributed by atoms with Crippen LogP contribution in [0.3, 0.4) is 0 Å². The van der Waals surface area contributed by atoms with E-state index in [0.717, 1.165) is 42.6 Å². The molecule has 1 aliphatic rings. The van der Waals surface area contributed by atoms with Crippen LogP contribution in [0.4, 0.5) is 0 Å². The van der Waals surface area contributed by atoms with Gasteiger partial charge in [-0.25, -0.2) is 0 Å². The van der Waals surface area contributed by atoms with Gasteiger partial charge in [0, 0.05) is 29.8 Å². The maximum atomic E-state index is 7.42. The molecule has 1 aliphatic heterocycles. The molecule has 0 aliphatic carbocycles. The minimum atomic E-state index is 0.140. The van der Waals surface area contributed by atoms with Gasteiger partial charge in [0.1, 0.15) is 5.84 Å². The number of hydrogen-bond acceptors (Lipinski definition) is 3. The Balaban J connectivity index is 1.94. The molecule has 0 spiro atoms. The van der Waals surface area contributed by atoms with Crippen LogP contribution in [0.1, 0.15) is 29.5 Å². The molecule has 1 aromatic rings. The third kappa shape index (κ3) is 3.50. The molecule has 4 heteroatoms. The summed E-state index contributed by atoms with van der Waals surface area (Å²) in [5.41, 5.74) is 8.87. The number of aryl methyl sites for hydroxylation is 1. The normalized spacial score (nSPS) is 16.7. The maximum Gasteiger partial charge on any atom is 0.122 e. The van der Waals surface area contributed by atoms with Crippen molar-refractivity contribution in [2.75, 3.05) is 13.2 Å². The van der Waals surface area contributed by atoms with Gasteiger partial charge in [0.15, 0.2) is 0 Å². The summed E-state index contributed by atoms with van der Waals surface area (Å²) < 4.78 is 5.37. The van der Waals surface area contributed by atoms with E-state index in [4.69, 9.17) is 15.9 Å². The fraction of sp³-hybridized carbons (Fsp3) is 0.500. The molecule has 0 radical (unpaired) electrons. The molecule has 1 fully saturated rings. The summed E-state index contributed by atoms with van der Waals surface area (Å²) in [6.45, 7) is 3.90. The summed E-state index contributed by atoms with van der Waals surface area (Å²) in [6, 6.07) is 6.04. The number of hydrogen-bond donors (Lipinski definition) is 2. The molecule has 3 nitrogen and oxygen atoms in total. The van der Waals surface area contributed by atoms with Gasteiger partial charge in [0.05, 0.1) is 0 Å². The van der Waals surface area contributed by atoms with Crippen LogP contribution in [0.2, 0.25) is 0 Å². The third-order valence-corrected chi connectivity index (χ3v) is 4.72. The van der Waals surface area contributed by atoms with Crippen LogP contribution in [0.5, 0.6) is 0 Å². The number of rotatable bonds is 4. The molecule has 0 aromatic heterocycles. The zero-order chi connectivity index (χ0) is 13.0. The Hall–Kier alpha value is -1.000. The number of benzene rings is 1. The Morgan fingerprint density at radius 2 is 2.17 bits per heavy atom. The van der Waals surface area contributed by atoms with E-state index in [-0.39, 0.29) is 5.84 Å². The van der Waals surface area contributed by atoms with Gasteiger partial charge < -0.3 is 10.5 Å². The topological polar surface area (TPSA) is 59.1 Å². The maximum absolute atomic E-state index is 7.42.